The topological polar surface area (TPSA) is 120 Å². The van der Waals surface area contributed by atoms with Crippen molar-refractivity contribution in [2.75, 3.05) is 18.5 Å². The summed E-state index contributed by atoms with van der Waals surface area (Å²) in [6, 6.07) is 8.81. The predicted molar refractivity (Wildman–Crippen MR) is 108 cm³/mol. The van der Waals surface area contributed by atoms with E-state index in [-0.39, 0.29) is 18.8 Å². The Morgan fingerprint density at radius 2 is 2.07 bits per heavy atom. The Hall–Kier alpha value is -3.47. The number of nitrogens with one attached hydrogen (secondary N) is 2. The number of aliphatic hydroxyl groups is 2. The lowest BCUT2D eigenvalue weighted by Gasteiger charge is -2.12. The van der Waals surface area contributed by atoms with Gasteiger partial charge in [-0.25, -0.2) is 13.9 Å². The van der Waals surface area contributed by atoms with Crippen molar-refractivity contribution in [2.45, 2.75) is 12.6 Å². The number of aliphatic hydroxyl groups excluding tert-OH is 2. The zero-order valence-electron chi connectivity index (χ0n) is 15.9. The molecule has 4 aromatic heterocycles. The number of fused-ring (bicyclic) bond motifs is 1. The fourth-order valence-corrected chi connectivity index (χ4v) is 2.96. The second kappa shape index (κ2) is 8.91. The summed E-state index contributed by atoms with van der Waals surface area (Å²) < 4.78 is 15.9. The quantitative estimate of drug-likeness (QED) is 0.346. The molecule has 10 heteroatoms. The molecular formula is C20H20FN7O2. The number of anilines is 2. The van der Waals surface area contributed by atoms with E-state index in [0.29, 0.717) is 29.4 Å². The fraction of sp³-hybridized carbons (Fsp3) is 0.200. The highest BCUT2D eigenvalue weighted by molar-refractivity contribution is 5.78. The largest absolute Gasteiger partial charge is 0.394 e. The zero-order chi connectivity index (χ0) is 20.9. The van der Waals surface area contributed by atoms with Crippen LogP contribution in [0.15, 0.2) is 55.1 Å². The summed E-state index contributed by atoms with van der Waals surface area (Å²) in [5.74, 6) is 0.275. The molecule has 4 aromatic rings. The van der Waals surface area contributed by atoms with Gasteiger partial charge in [0.2, 0.25) is 5.82 Å². The van der Waals surface area contributed by atoms with Gasteiger partial charge in [-0.05, 0) is 29.8 Å². The van der Waals surface area contributed by atoms with E-state index in [1.165, 1.54) is 12.3 Å². The Bertz CT molecular complexity index is 1140. The van der Waals surface area contributed by atoms with E-state index in [2.05, 4.69) is 30.7 Å². The van der Waals surface area contributed by atoms with E-state index in [4.69, 9.17) is 5.11 Å². The van der Waals surface area contributed by atoms with E-state index in [0.717, 1.165) is 11.8 Å². The Balaban J connectivity index is 1.75. The molecule has 0 aliphatic rings. The highest BCUT2D eigenvalue weighted by Crippen LogP contribution is 2.26. The molecule has 154 valence electrons. The Morgan fingerprint density at radius 1 is 1.17 bits per heavy atom. The molecule has 0 radical (unpaired) electrons. The summed E-state index contributed by atoms with van der Waals surface area (Å²) in [4.78, 5) is 12.7. The van der Waals surface area contributed by atoms with E-state index in [9.17, 15) is 9.50 Å². The van der Waals surface area contributed by atoms with Crippen LogP contribution < -0.4 is 10.6 Å². The number of rotatable bonds is 8. The maximum absolute atomic E-state index is 14.2. The number of hydrogen-bond acceptors (Lipinski definition) is 8. The first-order chi connectivity index (χ1) is 14.7. The first kappa shape index (κ1) is 19.8. The van der Waals surface area contributed by atoms with Gasteiger partial charge in [-0.2, -0.15) is 0 Å². The molecule has 0 aliphatic heterocycles. The molecule has 0 saturated heterocycles. The lowest BCUT2D eigenvalue weighted by molar-refractivity contribution is 0.0942. The van der Waals surface area contributed by atoms with Crippen LogP contribution in [-0.2, 0) is 6.54 Å². The average Bonchev–Trinajstić information content (AvgIpc) is 3.19. The maximum atomic E-state index is 14.2. The van der Waals surface area contributed by atoms with Crippen molar-refractivity contribution in [3.8, 4) is 11.5 Å². The van der Waals surface area contributed by atoms with Crippen molar-refractivity contribution in [1.82, 2.24) is 29.9 Å². The van der Waals surface area contributed by atoms with Crippen molar-refractivity contribution in [3.05, 3.63) is 66.5 Å². The first-order valence-electron chi connectivity index (χ1n) is 9.31. The summed E-state index contributed by atoms with van der Waals surface area (Å²) in [6.45, 7) is 0.296. The van der Waals surface area contributed by atoms with Gasteiger partial charge in [-0.3, -0.25) is 9.97 Å². The van der Waals surface area contributed by atoms with Crippen LogP contribution in [0, 0.1) is 5.82 Å². The molecule has 0 saturated carbocycles. The highest BCUT2D eigenvalue weighted by Gasteiger charge is 2.16. The first-order valence-corrected chi connectivity index (χ1v) is 9.31. The molecule has 4 heterocycles. The zero-order valence-corrected chi connectivity index (χ0v) is 15.9. The van der Waals surface area contributed by atoms with Gasteiger partial charge in [0.25, 0.3) is 0 Å². The molecule has 9 nitrogen and oxygen atoms in total. The van der Waals surface area contributed by atoms with Crippen molar-refractivity contribution in [2.24, 2.45) is 0 Å². The molecule has 30 heavy (non-hydrogen) atoms. The van der Waals surface area contributed by atoms with Gasteiger partial charge in [0.15, 0.2) is 11.6 Å². The van der Waals surface area contributed by atoms with Gasteiger partial charge in [0.1, 0.15) is 11.2 Å². The van der Waals surface area contributed by atoms with E-state index in [1.807, 2.05) is 12.1 Å². The minimum atomic E-state index is -0.852. The van der Waals surface area contributed by atoms with Gasteiger partial charge in [-0.15, -0.1) is 5.10 Å². The number of aromatic nitrogens is 5. The van der Waals surface area contributed by atoms with Gasteiger partial charge in [-0.1, -0.05) is 6.07 Å². The van der Waals surface area contributed by atoms with Crippen molar-refractivity contribution in [1.29, 1.82) is 0 Å². The molecule has 4 N–H and O–H groups in total. The third kappa shape index (κ3) is 4.25. The van der Waals surface area contributed by atoms with Crippen LogP contribution in [0.25, 0.3) is 17.0 Å². The minimum Gasteiger partial charge on any atom is -0.394 e. The number of pyridine rings is 2. The molecule has 0 aromatic carbocycles. The molecule has 1 unspecified atom stereocenters. The summed E-state index contributed by atoms with van der Waals surface area (Å²) in [6.07, 6.45) is 5.18. The highest BCUT2D eigenvalue weighted by atomic mass is 19.1. The van der Waals surface area contributed by atoms with Crippen LogP contribution >= 0.6 is 0 Å². The van der Waals surface area contributed by atoms with Gasteiger partial charge in [0.05, 0.1) is 24.6 Å². The van der Waals surface area contributed by atoms with E-state index >= 15 is 0 Å². The monoisotopic (exact) mass is 409 g/mol. The molecule has 1 atom stereocenters. The molecule has 0 amide bonds. The van der Waals surface area contributed by atoms with E-state index < -0.39 is 11.9 Å². The van der Waals surface area contributed by atoms with Crippen LogP contribution in [0.4, 0.5) is 15.9 Å². The Kier molecular flexibility index (Phi) is 5.89. The van der Waals surface area contributed by atoms with Crippen LogP contribution in [0.1, 0.15) is 5.56 Å². The van der Waals surface area contributed by atoms with Crippen LogP contribution in [0.5, 0.6) is 0 Å². The smallest absolute Gasteiger partial charge is 0.200 e. The van der Waals surface area contributed by atoms with Gasteiger partial charge >= 0.3 is 0 Å². The van der Waals surface area contributed by atoms with Crippen molar-refractivity contribution >= 4 is 17.0 Å². The molecule has 4 rings (SSSR count). The second-order valence-electron chi connectivity index (χ2n) is 6.58. The normalized spacial score (nSPS) is 12.2. The molecule has 0 fully saturated rings. The summed E-state index contributed by atoms with van der Waals surface area (Å²) in [5, 5.41) is 29.1. The molecule has 0 aliphatic carbocycles. The van der Waals surface area contributed by atoms with Crippen LogP contribution in [-0.4, -0.2) is 54.0 Å². The van der Waals surface area contributed by atoms with Crippen LogP contribution in [0.3, 0.4) is 0 Å². The third-order valence-corrected chi connectivity index (χ3v) is 4.42. The third-order valence-electron chi connectivity index (χ3n) is 4.42. The number of halogens is 1. The Labute approximate surface area is 171 Å². The lowest BCUT2D eigenvalue weighted by atomic mass is 10.2. The predicted octanol–water partition coefficient (Wildman–Crippen LogP) is 1.51. The molecule has 0 spiro atoms. The lowest BCUT2D eigenvalue weighted by Crippen LogP contribution is -2.28. The number of nitrogens with zero attached hydrogens (tertiary/aromatic N) is 5. The van der Waals surface area contributed by atoms with Crippen molar-refractivity contribution in [3.63, 3.8) is 0 Å². The summed E-state index contributed by atoms with van der Waals surface area (Å²) in [5.41, 5.74) is 2.30. The Morgan fingerprint density at radius 3 is 2.83 bits per heavy atom. The van der Waals surface area contributed by atoms with Crippen molar-refractivity contribution < 1.29 is 14.6 Å². The maximum Gasteiger partial charge on any atom is 0.200 e. The average molecular weight is 409 g/mol. The van der Waals surface area contributed by atoms with Crippen LogP contribution in [0.2, 0.25) is 0 Å². The second-order valence-corrected chi connectivity index (χ2v) is 6.58. The fourth-order valence-electron chi connectivity index (χ4n) is 2.96. The molecular weight excluding hydrogens is 389 g/mol. The van der Waals surface area contributed by atoms with Gasteiger partial charge in [0, 0.05) is 31.7 Å². The SMILES string of the molecule is OCC(O)CNCc1ccn2nc(-c3ccccn3)nc(Nc3ccncc3F)c12. The minimum absolute atomic E-state index is 0.225. The molecule has 0 bridgehead atoms. The summed E-state index contributed by atoms with van der Waals surface area (Å²) in [7, 11) is 0. The summed E-state index contributed by atoms with van der Waals surface area (Å²) >= 11 is 0. The van der Waals surface area contributed by atoms with Gasteiger partial charge < -0.3 is 20.8 Å². The number of hydrogen-bond donors (Lipinski definition) is 4. The van der Waals surface area contributed by atoms with E-state index in [1.54, 1.807) is 29.0 Å². The standard InChI is InChI=1S/C20H20FN7O2/c21-15-11-22-7-4-16(15)25-20-18-13(9-23-10-14(30)12-29)5-8-28(18)27-19(26-20)17-3-1-2-6-24-17/h1-8,11,14,23,29-30H,9-10,12H2,(H,22,25,26,27).